The Morgan fingerprint density at radius 1 is 1.15 bits per heavy atom. The monoisotopic (exact) mass is 288 g/mol. The third kappa shape index (κ3) is 2.23. The third-order valence-corrected chi connectivity index (χ3v) is 4.00. The zero-order valence-electron chi connectivity index (χ0n) is 10.6. The molecule has 1 aliphatic heterocycles. The van der Waals surface area contributed by atoms with Gasteiger partial charge in [0.25, 0.3) is 0 Å². The van der Waals surface area contributed by atoms with Gasteiger partial charge >= 0.3 is 0 Å². The van der Waals surface area contributed by atoms with Crippen molar-refractivity contribution in [3.63, 3.8) is 0 Å². The number of anilines is 1. The molecule has 2 aromatic carbocycles. The normalized spacial score (nSPS) is 20.9. The van der Waals surface area contributed by atoms with E-state index in [0.29, 0.717) is 11.4 Å². The second-order valence-electron chi connectivity index (χ2n) is 4.86. The Morgan fingerprint density at radius 3 is 2.60 bits per heavy atom. The van der Waals surface area contributed by atoms with E-state index in [-0.39, 0.29) is 4.92 Å². The van der Waals surface area contributed by atoms with Gasteiger partial charge in [0, 0.05) is 22.1 Å². The minimum Gasteiger partial charge on any atom is -0.372 e. The molecule has 0 radical (unpaired) electrons. The molecule has 3 rings (SSSR count). The largest absolute Gasteiger partial charge is 0.372 e. The van der Waals surface area contributed by atoms with Crippen molar-refractivity contribution in [3.05, 3.63) is 74.8 Å². The highest BCUT2D eigenvalue weighted by Gasteiger charge is 2.38. The van der Waals surface area contributed by atoms with E-state index in [0.717, 1.165) is 16.8 Å². The van der Waals surface area contributed by atoms with E-state index in [9.17, 15) is 10.1 Å². The molecule has 0 saturated heterocycles. The van der Waals surface area contributed by atoms with Gasteiger partial charge in [0.05, 0.1) is 0 Å². The van der Waals surface area contributed by atoms with Gasteiger partial charge in [-0.2, -0.15) is 0 Å². The summed E-state index contributed by atoms with van der Waals surface area (Å²) in [5.41, 5.74) is 2.68. The van der Waals surface area contributed by atoms with Crippen LogP contribution in [0.25, 0.3) is 0 Å². The highest BCUT2D eigenvalue weighted by atomic mass is 35.5. The van der Waals surface area contributed by atoms with Crippen LogP contribution >= 0.6 is 11.6 Å². The Kier molecular flexibility index (Phi) is 3.32. The lowest BCUT2D eigenvalue weighted by Crippen LogP contribution is -2.38. The van der Waals surface area contributed by atoms with Gasteiger partial charge in [0.15, 0.2) is 0 Å². The van der Waals surface area contributed by atoms with Crippen molar-refractivity contribution in [1.82, 2.24) is 0 Å². The van der Waals surface area contributed by atoms with Crippen LogP contribution in [0.1, 0.15) is 17.2 Å². The highest BCUT2D eigenvalue weighted by molar-refractivity contribution is 6.31. The molecule has 2 atom stereocenters. The summed E-state index contributed by atoms with van der Waals surface area (Å²) in [7, 11) is 0. The van der Waals surface area contributed by atoms with Gasteiger partial charge in [-0.1, -0.05) is 48.0 Å². The standard InChI is InChI=1S/C15H13ClN2O2/c16-12-7-3-2-6-11(12)15-14(18(19)20)9-10-5-1-4-8-13(10)17-15/h1-8,14-15,17H,9H2/t14-,15+/m0/s1. The molecular weight excluding hydrogens is 276 g/mol. The second-order valence-corrected chi connectivity index (χ2v) is 5.26. The van der Waals surface area contributed by atoms with Gasteiger partial charge in [-0.05, 0) is 23.3 Å². The maximum absolute atomic E-state index is 11.4. The van der Waals surface area contributed by atoms with Crippen molar-refractivity contribution < 1.29 is 4.92 Å². The first-order chi connectivity index (χ1) is 9.66. The molecule has 0 spiro atoms. The molecule has 0 amide bonds. The lowest BCUT2D eigenvalue weighted by molar-refractivity contribution is -0.525. The number of nitro groups is 1. The van der Waals surface area contributed by atoms with Gasteiger partial charge in [0.1, 0.15) is 6.04 Å². The fraction of sp³-hybridized carbons (Fsp3) is 0.200. The number of hydrogen-bond acceptors (Lipinski definition) is 3. The van der Waals surface area contributed by atoms with Gasteiger partial charge in [0.2, 0.25) is 6.04 Å². The lowest BCUT2D eigenvalue weighted by atomic mass is 9.89. The van der Waals surface area contributed by atoms with Crippen molar-refractivity contribution in [2.75, 3.05) is 5.32 Å². The van der Waals surface area contributed by atoms with Gasteiger partial charge in [-0.3, -0.25) is 10.1 Å². The molecule has 0 fully saturated rings. The maximum atomic E-state index is 11.4. The molecule has 0 saturated carbocycles. The predicted molar refractivity (Wildman–Crippen MR) is 78.7 cm³/mol. The molecule has 1 aliphatic rings. The van der Waals surface area contributed by atoms with E-state index in [2.05, 4.69) is 5.32 Å². The average molecular weight is 289 g/mol. The minimum absolute atomic E-state index is 0.225. The smallest absolute Gasteiger partial charge is 0.241 e. The molecule has 5 heteroatoms. The van der Waals surface area contributed by atoms with Crippen LogP contribution in [0.2, 0.25) is 5.02 Å². The van der Waals surface area contributed by atoms with E-state index in [1.54, 1.807) is 6.07 Å². The lowest BCUT2D eigenvalue weighted by Gasteiger charge is -2.30. The van der Waals surface area contributed by atoms with Gasteiger partial charge in [-0.15, -0.1) is 0 Å². The summed E-state index contributed by atoms with van der Waals surface area (Å²) in [5.74, 6) is 0. The molecule has 1 heterocycles. The van der Waals surface area contributed by atoms with Crippen LogP contribution in [0.4, 0.5) is 5.69 Å². The summed E-state index contributed by atoms with van der Waals surface area (Å²) >= 11 is 6.19. The van der Waals surface area contributed by atoms with Crippen LogP contribution in [-0.2, 0) is 6.42 Å². The molecule has 0 bridgehead atoms. The molecule has 0 aliphatic carbocycles. The molecule has 0 unspecified atom stereocenters. The first-order valence-electron chi connectivity index (χ1n) is 6.39. The van der Waals surface area contributed by atoms with E-state index in [1.165, 1.54) is 0 Å². The Bertz CT molecular complexity index is 660. The molecule has 2 aromatic rings. The van der Waals surface area contributed by atoms with Crippen molar-refractivity contribution in [2.24, 2.45) is 0 Å². The molecule has 1 N–H and O–H groups in total. The van der Waals surface area contributed by atoms with Crippen LogP contribution in [0.3, 0.4) is 0 Å². The second kappa shape index (κ2) is 5.13. The van der Waals surface area contributed by atoms with Crippen LogP contribution in [-0.4, -0.2) is 11.0 Å². The molecule has 4 nitrogen and oxygen atoms in total. The van der Waals surface area contributed by atoms with E-state index in [4.69, 9.17) is 11.6 Å². The number of para-hydroxylation sites is 1. The Balaban J connectivity index is 2.05. The SMILES string of the molecule is O=[N+]([O-])[C@H]1Cc2ccccc2N[C@@H]1c1ccccc1Cl. The summed E-state index contributed by atoms with van der Waals surface area (Å²) in [5, 5.41) is 15.2. The van der Waals surface area contributed by atoms with Crippen molar-refractivity contribution in [1.29, 1.82) is 0 Å². The van der Waals surface area contributed by atoms with Crippen molar-refractivity contribution in [3.8, 4) is 0 Å². The zero-order chi connectivity index (χ0) is 14.1. The number of nitrogens with one attached hydrogen (secondary N) is 1. The molecule has 20 heavy (non-hydrogen) atoms. The fourth-order valence-electron chi connectivity index (χ4n) is 2.65. The highest BCUT2D eigenvalue weighted by Crippen LogP contribution is 2.36. The summed E-state index contributed by atoms with van der Waals surface area (Å²) < 4.78 is 0. The zero-order valence-corrected chi connectivity index (χ0v) is 11.4. The van der Waals surface area contributed by atoms with E-state index >= 15 is 0 Å². The number of fused-ring (bicyclic) bond motifs is 1. The summed E-state index contributed by atoms with van der Waals surface area (Å²) in [6, 6.07) is 13.8. The van der Waals surface area contributed by atoms with Crippen LogP contribution < -0.4 is 5.32 Å². The minimum atomic E-state index is -0.718. The number of hydrogen-bond donors (Lipinski definition) is 1. The van der Waals surface area contributed by atoms with Gasteiger partial charge in [-0.25, -0.2) is 0 Å². The Labute approximate surface area is 121 Å². The molecular formula is C15H13ClN2O2. The van der Waals surface area contributed by atoms with E-state index < -0.39 is 12.1 Å². The van der Waals surface area contributed by atoms with E-state index in [1.807, 2.05) is 42.5 Å². The van der Waals surface area contributed by atoms with Crippen molar-refractivity contribution in [2.45, 2.75) is 18.5 Å². The van der Waals surface area contributed by atoms with Crippen LogP contribution in [0.5, 0.6) is 0 Å². The first-order valence-corrected chi connectivity index (χ1v) is 6.77. The Hall–Kier alpha value is -2.07. The summed E-state index contributed by atoms with van der Waals surface area (Å²) in [4.78, 5) is 11.2. The summed E-state index contributed by atoms with van der Waals surface area (Å²) in [6.07, 6.45) is 0.409. The van der Waals surface area contributed by atoms with Gasteiger partial charge < -0.3 is 5.32 Å². The molecule has 102 valence electrons. The first kappa shape index (κ1) is 12.9. The quantitative estimate of drug-likeness (QED) is 0.677. The predicted octanol–water partition coefficient (Wildman–Crippen LogP) is 3.69. The van der Waals surface area contributed by atoms with Crippen LogP contribution in [0, 0.1) is 10.1 Å². The number of benzene rings is 2. The Morgan fingerprint density at radius 2 is 1.85 bits per heavy atom. The molecule has 0 aromatic heterocycles. The van der Waals surface area contributed by atoms with Crippen molar-refractivity contribution >= 4 is 17.3 Å². The number of nitrogens with zero attached hydrogens (tertiary/aromatic N) is 1. The number of rotatable bonds is 2. The topological polar surface area (TPSA) is 55.2 Å². The maximum Gasteiger partial charge on any atom is 0.241 e. The van der Waals surface area contributed by atoms with Crippen LogP contribution in [0.15, 0.2) is 48.5 Å². The fourth-order valence-corrected chi connectivity index (χ4v) is 2.91. The summed E-state index contributed by atoms with van der Waals surface area (Å²) in [6.45, 7) is 0. The average Bonchev–Trinajstić information content (AvgIpc) is 2.46. The number of halogens is 1. The third-order valence-electron chi connectivity index (χ3n) is 3.65.